The molecule has 0 saturated carbocycles. The normalized spacial score (nSPS) is 10.1. The van der Waals surface area contributed by atoms with Crippen molar-refractivity contribution in [1.29, 1.82) is 0 Å². The van der Waals surface area contributed by atoms with Crippen LogP contribution in [-0.2, 0) is 0 Å². The lowest BCUT2D eigenvalue weighted by Gasteiger charge is -2.06. The molecule has 0 amide bonds. The molecule has 1 aromatic carbocycles. The molecule has 0 unspecified atom stereocenters. The Hall–Kier alpha value is -2.68. The van der Waals surface area contributed by atoms with Crippen LogP contribution in [0.15, 0.2) is 18.2 Å². The second kappa shape index (κ2) is 5.53. The number of anilines is 1. The molecule has 104 valence electrons. The Kier molecular flexibility index (Phi) is 3.80. The zero-order chi connectivity index (χ0) is 14.7. The molecule has 0 atom stereocenters. The molecule has 0 saturated heterocycles. The van der Waals surface area contributed by atoms with Gasteiger partial charge in [-0.2, -0.15) is 15.0 Å². The third-order valence-electron chi connectivity index (χ3n) is 2.16. The van der Waals surface area contributed by atoms with E-state index >= 15 is 0 Å². The Balaban J connectivity index is 2.34. The van der Waals surface area contributed by atoms with Crippen molar-refractivity contribution < 1.29 is 14.4 Å². The molecule has 0 bridgehead atoms. The molecule has 0 aliphatic heterocycles. The van der Waals surface area contributed by atoms with Gasteiger partial charge in [-0.1, -0.05) is 0 Å². The highest BCUT2D eigenvalue weighted by Gasteiger charge is 2.16. The van der Waals surface area contributed by atoms with Crippen LogP contribution in [0.3, 0.4) is 0 Å². The minimum atomic E-state index is -0.597. The van der Waals surface area contributed by atoms with Crippen LogP contribution >= 0.6 is 11.6 Å². The van der Waals surface area contributed by atoms with Crippen LogP contribution in [0.4, 0.5) is 11.6 Å². The fourth-order valence-corrected chi connectivity index (χ4v) is 1.53. The van der Waals surface area contributed by atoms with E-state index in [-0.39, 0.29) is 34.4 Å². The third kappa shape index (κ3) is 3.01. The Bertz CT molecular complexity index is 646. The predicted octanol–water partition coefficient (Wildman–Crippen LogP) is 1.82. The molecule has 0 fully saturated rings. The van der Waals surface area contributed by atoms with Gasteiger partial charge >= 0.3 is 11.7 Å². The van der Waals surface area contributed by atoms with Crippen molar-refractivity contribution >= 4 is 23.2 Å². The maximum Gasteiger partial charge on any atom is 0.328 e. The van der Waals surface area contributed by atoms with Gasteiger partial charge < -0.3 is 15.2 Å². The maximum atomic E-state index is 10.9. The summed E-state index contributed by atoms with van der Waals surface area (Å²) in [5.74, 6) is 0.123. The number of nitrogens with two attached hydrogens (primary N) is 1. The van der Waals surface area contributed by atoms with E-state index in [2.05, 4.69) is 15.0 Å². The van der Waals surface area contributed by atoms with E-state index in [4.69, 9.17) is 26.8 Å². The standard InChI is InChI=1S/C10H8ClN5O4/c1-19-7-3-2-5(4-6(7)16(17)18)20-10-14-8(11)13-9(12)15-10/h2-4H,1H3,(H2,12,13,14,15). The maximum absolute atomic E-state index is 10.9. The second-order valence-corrected chi connectivity index (χ2v) is 3.78. The largest absolute Gasteiger partial charge is 0.490 e. The van der Waals surface area contributed by atoms with Crippen LogP contribution in [0.2, 0.25) is 5.28 Å². The van der Waals surface area contributed by atoms with Crippen LogP contribution in [0.25, 0.3) is 0 Å². The fraction of sp³-hybridized carbons (Fsp3) is 0.100. The summed E-state index contributed by atoms with van der Waals surface area (Å²) in [5, 5.41) is 10.7. The van der Waals surface area contributed by atoms with Crippen LogP contribution in [0.1, 0.15) is 0 Å². The highest BCUT2D eigenvalue weighted by Crippen LogP contribution is 2.32. The quantitative estimate of drug-likeness (QED) is 0.668. The smallest absolute Gasteiger partial charge is 0.328 e. The molecule has 0 aliphatic rings. The molecule has 9 nitrogen and oxygen atoms in total. The molecule has 0 spiro atoms. The van der Waals surface area contributed by atoms with Gasteiger partial charge in [-0.25, -0.2) is 0 Å². The SMILES string of the molecule is COc1ccc(Oc2nc(N)nc(Cl)n2)cc1[N+](=O)[O-]. The van der Waals surface area contributed by atoms with Gasteiger partial charge in [0, 0.05) is 0 Å². The van der Waals surface area contributed by atoms with Crippen molar-refractivity contribution in [1.82, 2.24) is 15.0 Å². The van der Waals surface area contributed by atoms with Crippen LogP contribution in [-0.4, -0.2) is 27.0 Å². The number of aromatic nitrogens is 3. The van der Waals surface area contributed by atoms with Gasteiger partial charge in [0.05, 0.1) is 18.1 Å². The van der Waals surface area contributed by atoms with Crippen LogP contribution in [0, 0.1) is 10.1 Å². The van der Waals surface area contributed by atoms with Gasteiger partial charge in [-0.15, -0.1) is 0 Å². The summed E-state index contributed by atoms with van der Waals surface area (Å²) in [6.07, 6.45) is 0. The van der Waals surface area contributed by atoms with Crippen LogP contribution in [0.5, 0.6) is 17.5 Å². The van der Waals surface area contributed by atoms with E-state index in [1.54, 1.807) is 0 Å². The molecule has 1 aromatic heterocycles. The predicted molar refractivity (Wildman–Crippen MR) is 69.0 cm³/mol. The van der Waals surface area contributed by atoms with E-state index in [9.17, 15) is 10.1 Å². The first-order valence-corrected chi connectivity index (χ1v) is 5.54. The van der Waals surface area contributed by atoms with Gasteiger partial charge in [-0.3, -0.25) is 10.1 Å². The summed E-state index contributed by atoms with van der Waals surface area (Å²) in [6.45, 7) is 0. The Morgan fingerprint density at radius 3 is 2.70 bits per heavy atom. The van der Waals surface area contributed by atoms with Crippen molar-refractivity contribution in [3.63, 3.8) is 0 Å². The van der Waals surface area contributed by atoms with Gasteiger partial charge in [0.15, 0.2) is 5.75 Å². The zero-order valence-corrected chi connectivity index (χ0v) is 10.9. The fourth-order valence-electron chi connectivity index (χ4n) is 1.37. The Labute approximate surface area is 117 Å². The molecular formula is C10H8ClN5O4. The zero-order valence-electron chi connectivity index (χ0n) is 10.1. The van der Waals surface area contributed by atoms with E-state index in [0.717, 1.165) is 0 Å². The minimum Gasteiger partial charge on any atom is -0.490 e. The second-order valence-electron chi connectivity index (χ2n) is 3.44. The number of benzene rings is 1. The van der Waals surface area contributed by atoms with Gasteiger partial charge in [0.1, 0.15) is 5.75 Å². The van der Waals surface area contributed by atoms with Crippen molar-refractivity contribution in [2.45, 2.75) is 0 Å². The topological polar surface area (TPSA) is 126 Å². The number of nitrogen functional groups attached to an aromatic ring is 1. The average molecular weight is 298 g/mol. The number of nitro benzene ring substituents is 1. The van der Waals surface area contributed by atoms with Crippen molar-refractivity contribution in [2.24, 2.45) is 0 Å². The highest BCUT2D eigenvalue weighted by molar-refractivity contribution is 6.28. The number of ether oxygens (including phenoxy) is 2. The first kappa shape index (κ1) is 13.7. The molecule has 2 rings (SSSR count). The Morgan fingerprint density at radius 1 is 1.35 bits per heavy atom. The van der Waals surface area contributed by atoms with E-state index in [1.807, 2.05) is 0 Å². The number of rotatable bonds is 4. The summed E-state index contributed by atoms with van der Waals surface area (Å²) in [6, 6.07) is 3.86. The van der Waals surface area contributed by atoms with Crippen molar-refractivity contribution in [2.75, 3.05) is 12.8 Å². The lowest BCUT2D eigenvalue weighted by Crippen LogP contribution is -2.01. The first-order valence-electron chi connectivity index (χ1n) is 5.17. The third-order valence-corrected chi connectivity index (χ3v) is 2.33. The molecule has 20 heavy (non-hydrogen) atoms. The Morgan fingerprint density at radius 2 is 2.10 bits per heavy atom. The molecular weight excluding hydrogens is 290 g/mol. The minimum absolute atomic E-state index is 0.107. The molecule has 0 radical (unpaired) electrons. The summed E-state index contributed by atoms with van der Waals surface area (Å²) in [5.41, 5.74) is 5.13. The van der Waals surface area contributed by atoms with E-state index in [1.165, 1.54) is 25.3 Å². The number of methoxy groups -OCH3 is 1. The molecule has 0 aliphatic carbocycles. The number of hydrogen-bond donors (Lipinski definition) is 1. The molecule has 10 heteroatoms. The van der Waals surface area contributed by atoms with Gasteiger partial charge in [0.25, 0.3) is 0 Å². The molecule has 2 N–H and O–H groups in total. The van der Waals surface area contributed by atoms with Gasteiger partial charge in [0.2, 0.25) is 11.2 Å². The average Bonchev–Trinajstić information content (AvgIpc) is 2.37. The monoisotopic (exact) mass is 297 g/mol. The van der Waals surface area contributed by atoms with E-state index < -0.39 is 4.92 Å². The summed E-state index contributed by atoms with van der Waals surface area (Å²) in [4.78, 5) is 21.2. The lowest BCUT2D eigenvalue weighted by molar-refractivity contribution is -0.385. The molecule has 2 aromatic rings. The van der Waals surface area contributed by atoms with Crippen molar-refractivity contribution in [3.05, 3.63) is 33.6 Å². The number of nitro groups is 1. The lowest BCUT2D eigenvalue weighted by atomic mass is 10.3. The van der Waals surface area contributed by atoms with E-state index in [0.29, 0.717) is 0 Å². The van der Waals surface area contributed by atoms with Gasteiger partial charge in [-0.05, 0) is 23.7 Å². The van der Waals surface area contributed by atoms with Crippen LogP contribution < -0.4 is 15.2 Å². The summed E-state index contributed by atoms with van der Waals surface area (Å²) < 4.78 is 10.1. The van der Waals surface area contributed by atoms with Crippen molar-refractivity contribution in [3.8, 4) is 17.5 Å². The highest BCUT2D eigenvalue weighted by atomic mass is 35.5. The summed E-state index contributed by atoms with van der Waals surface area (Å²) >= 11 is 5.60. The number of nitrogens with zero attached hydrogens (tertiary/aromatic N) is 4. The number of halogens is 1. The first-order chi connectivity index (χ1) is 9.49. The number of hydrogen-bond acceptors (Lipinski definition) is 8. The molecule has 1 heterocycles. The summed E-state index contributed by atoms with van der Waals surface area (Å²) in [7, 11) is 1.33.